The number of hydrogen-bond acceptors (Lipinski definition) is 17. The fourth-order valence-corrected chi connectivity index (χ4v) is 12.1. The van der Waals surface area contributed by atoms with Crippen LogP contribution in [0.15, 0.2) is 66.7 Å². The summed E-state index contributed by atoms with van der Waals surface area (Å²) >= 11 is 0. The zero-order valence-electron chi connectivity index (χ0n) is 58.9. The van der Waals surface area contributed by atoms with E-state index in [9.17, 15) is 77.6 Å². The predicted octanol–water partition coefficient (Wildman–Crippen LogP) is 3.53. The Labute approximate surface area is 573 Å². The van der Waals surface area contributed by atoms with Crippen molar-refractivity contribution in [1.82, 2.24) is 46.2 Å². The minimum Gasteiger partial charge on any atom is -0.481 e. The van der Waals surface area contributed by atoms with Gasteiger partial charge in [-0.1, -0.05) is 111 Å². The second-order valence-corrected chi connectivity index (χ2v) is 26.4. The van der Waals surface area contributed by atoms with Crippen molar-refractivity contribution >= 4 is 82.8 Å². The van der Waals surface area contributed by atoms with E-state index in [4.69, 9.17) is 14.2 Å². The number of aliphatic carboxylic acids is 2. The fraction of sp³-hybridized carbons (Fsp3) is 0.609. The molecule has 29 heteroatoms. The lowest BCUT2D eigenvalue weighted by molar-refractivity contribution is -0.155. The Balaban J connectivity index is 1.41. The number of likely N-dealkylation sites (N-methyl/N-ethyl adjacent to an activating group) is 2. The zero-order valence-corrected chi connectivity index (χ0v) is 58.9. The average Bonchev–Trinajstić information content (AvgIpc) is 1.27. The van der Waals surface area contributed by atoms with Gasteiger partial charge in [-0.2, -0.15) is 0 Å². The van der Waals surface area contributed by atoms with Gasteiger partial charge in [-0.15, -0.1) is 0 Å². The first-order valence-corrected chi connectivity index (χ1v) is 33.2. The van der Waals surface area contributed by atoms with Crippen LogP contribution in [0, 0.1) is 35.5 Å². The highest BCUT2D eigenvalue weighted by Crippen LogP contribution is 2.31. The van der Waals surface area contributed by atoms with Gasteiger partial charge in [0.25, 0.3) is 11.8 Å². The molecule has 2 aromatic rings. The number of benzene rings is 2. The van der Waals surface area contributed by atoms with Crippen LogP contribution in [0.3, 0.4) is 0 Å². The number of aliphatic hydroxyl groups is 1. The van der Waals surface area contributed by atoms with E-state index in [1.54, 1.807) is 91.6 Å². The third-order valence-corrected chi connectivity index (χ3v) is 17.9. The number of likely N-dealkylation sites (tertiary alicyclic amines) is 1. The first kappa shape index (κ1) is 81.6. The van der Waals surface area contributed by atoms with Crippen LogP contribution >= 0.6 is 0 Å². The van der Waals surface area contributed by atoms with Gasteiger partial charge in [0.05, 0.1) is 48.8 Å². The smallest absolute Gasteiger partial charge is 0.410 e. The molecule has 0 aliphatic carbocycles. The van der Waals surface area contributed by atoms with E-state index in [0.717, 1.165) is 22.0 Å². The molecule has 0 unspecified atom stereocenters. The molecule has 0 bridgehead atoms. The first-order valence-electron chi connectivity index (χ1n) is 33.2. The maximum atomic E-state index is 14.8. The second-order valence-electron chi connectivity index (χ2n) is 26.4. The molecule has 4 rings (SSSR count). The number of carbonyl (C=O) groups is 13. The van der Waals surface area contributed by atoms with Crippen molar-refractivity contribution in [3.05, 3.63) is 77.9 Å². The average molecular weight is 1380 g/mol. The molecule has 2 heterocycles. The summed E-state index contributed by atoms with van der Waals surface area (Å²) in [4.78, 5) is 178. The number of aliphatic hydroxyl groups excluding tert-OH is 1. The minimum atomic E-state index is -2.17. The summed E-state index contributed by atoms with van der Waals surface area (Å²) in [7, 11) is 5.94. The SMILES string of the molecule is CC[C@H](C)[C@@H]([C@@H](CC(=O)N1CCC[C@H]1[C@H](OC)[C@@H](C)C(=O)N[C@H](C)[C@@H](O)c1ccccc1)OC)N(C)C(=O)[C@@H](NC(=O)[C@H](C(C)C)N(C)C(=O)OCc1ccc(NC(=O)[C@H](CC(C(=O)O)C(=O)O)NC(=O)[C@H](C)NC(=O)[C@@H](CC(C)C)NC(=O)CCN2C(=O)C=CC2=O)cc1)C(C)C. The molecular weight excluding hydrogens is 1270 g/mol. The van der Waals surface area contributed by atoms with Gasteiger partial charge in [-0.05, 0) is 80.0 Å². The highest BCUT2D eigenvalue weighted by molar-refractivity contribution is 6.13. The van der Waals surface area contributed by atoms with Gasteiger partial charge in [0.1, 0.15) is 36.8 Å². The summed E-state index contributed by atoms with van der Waals surface area (Å²) < 4.78 is 17.7. The number of anilines is 1. The number of carbonyl (C=O) groups excluding carboxylic acids is 11. The molecule has 1 fully saturated rings. The van der Waals surface area contributed by atoms with Crippen molar-refractivity contribution in [3.8, 4) is 0 Å². The fourth-order valence-electron chi connectivity index (χ4n) is 12.1. The Hall–Kier alpha value is -8.83. The standard InChI is InChI=1S/C69H102N10O19/c1-16-40(8)58(51(96-14)35-55(83)78-31-20-23-50(78)60(97-15)41(9)61(85)70-42(10)59(84)45-21-18-17-19-22-45)76(12)66(90)56(38(4)5)75-65(89)57(39(6)7)77(13)69(95)98-36-44-24-26-46(27-25-44)72-64(88)49(34-47(67(91)92)68(93)94)74-62(86)43(11)71-63(87)48(33-37(2)3)73-52(80)30-32-79-53(81)28-29-54(79)82/h17-19,21-22,24-29,37-43,47-51,56-60,84H,16,20,23,30-36H2,1-15H3,(H,70,85)(H,71,87)(H,72,88)(H,73,80)(H,74,86)(H,75,89)(H,91,92)(H,93,94)/t40-,41+,42+,43-,48+,49-,50-,51+,56-,57-,58-,59+,60+/m0/s1. The summed E-state index contributed by atoms with van der Waals surface area (Å²) in [6.45, 7) is 18.9. The van der Waals surface area contributed by atoms with Gasteiger partial charge in [0.2, 0.25) is 47.3 Å². The zero-order chi connectivity index (χ0) is 73.6. The molecule has 542 valence electrons. The molecule has 29 nitrogen and oxygen atoms in total. The number of carboxylic acid groups (broad SMARTS) is 2. The highest BCUT2D eigenvalue weighted by Gasteiger charge is 2.44. The molecule has 0 spiro atoms. The van der Waals surface area contributed by atoms with Crippen LogP contribution in [-0.2, 0) is 78.4 Å². The van der Waals surface area contributed by atoms with E-state index in [0.29, 0.717) is 36.9 Å². The van der Waals surface area contributed by atoms with E-state index < -0.39 is 162 Å². The van der Waals surface area contributed by atoms with Gasteiger partial charge >= 0.3 is 18.0 Å². The lowest BCUT2D eigenvalue weighted by Gasteiger charge is -2.41. The quantitative estimate of drug-likeness (QED) is 0.0343. The molecule has 0 aromatic heterocycles. The first-order chi connectivity index (χ1) is 46.1. The molecular formula is C69H102N10O19. The lowest BCUT2D eigenvalue weighted by atomic mass is 9.89. The number of amides is 11. The van der Waals surface area contributed by atoms with Gasteiger partial charge in [0, 0.05) is 72.1 Å². The lowest BCUT2D eigenvalue weighted by Crippen LogP contribution is -2.60. The Morgan fingerprint density at radius 1 is 0.673 bits per heavy atom. The largest absolute Gasteiger partial charge is 0.481 e. The molecule has 1 saturated heterocycles. The summed E-state index contributed by atoms with van der Waals surface area (Å²) in [6, 6.07) is 6.25. The van der Waals surface area contributed by atoms with Crippen molar-refractivity contribution in [2.45, 2.75) is 194 Å². The van der Waals surface area contributed by atoms with Crippen molar-refractivity contribution in [3.63, 3.8) is 0 Å². The molecule has 0 radical (unpaired) electrons. The van der Waals surface area contributed by atoms with Crippen molar-refractivity contribution in [2.24, 2.45) is 35.5 Å². The number of carboxylic acids is 2. The van der Waals surface area contributed by atoms with Crippen LogP contribution in [0.4, 0.5) is 10.5 Å². The number of imide groups is 1. The number of rotatable bonds is 38. The number of nitrogens with one attached hydrogen (secondary N) is 6. The molecule has 13 atom stereocenters. The second kappa shape index (κ2) is 38.4. The van der Waals surface area contributed by atoms with Gasteiger partial charge in [0.15, 0.2) is 5.92 Å². The summed E-state index contributed by atoms with van der Waals surface area (Å²) in [5.41, 5.74) is 1.13. The number of hydrogen-bond donors (Lipinski definition) is 9. The number of ether oxygens (including phenoxy) is 3. The van der Waals surface area contributed by atoms with Crippen LogP contribution in [0.25, 0.3) is 0 Å². The third-order valence-electron chi connectivity index (χ3n) is 17.9. The van der Waals surface area contributed by atoms with Crippen LogP contribution in [0.1, 0.15) is 138 Å². The van der Waals surface area contributed by atoms with Crippen LogP contribution in [0.2, 0.25) is 0 Å². The summed E-state index contributed by atoms with van der Waals surface area (Å²) in [6.07, 6.45) is -0.713. The predicted molar refractivity (Wildman–Crippen MR) is 358 cm³/mol. The highest BCUT2D eigenvalue weighted by atomic mass is 16.6. The Morgan fingerprint density at radius 3 is 1.82 bits per heavy atom. The molecule has 2 aromatic carbocycles. The number of nitrogens with zero attached hydrogens (tertiary/aromatic N) is 4. The normalized spacial score (nSPS) is 17.5. The molecule has 2 aliphatic heterocycles. The maximum absolute atomic E-state index is 14.8. The van der Waals surface area contributed by atoms with Crippen LogP contribution in [-0.4, -0.2) is 214 Å². The Kier molecular flexibility index (Phi) is 31.9. The molecule has 11 amide bonds. The topological polar surface area (TPSA) is 395 Å². The summed E-state index contributed by atoms with van der Waals surface area (Å²) in [5.74, 6) is -14.3. The molecule has 9 N–H and O–H groups in total. The van der Waals surface area contributed by atoms with Crippen LogP contribution in [0.5, 0.6) is 0 Å². The number of methoxy groups -OCH3 is 2. The van der Waals surface area contributed by atoms with Gasteiger partial charge < -0.3 is 71.2 Å². The molecule has 2 aliphatic rings. The monoisotopic (exact) mass is 1370 g/mol. The van der Waals surface area contributed by atoms with E-state index in [2.05, 4.69) is 31.9 Å². The maximum Gasteiger partial charge on any atom is 0.410 e. The van der Waals surface area contributed by atoms with Gasteiger partial charge in [-0.25, -0.2) is 4.79 Å². The van der Waals surface area contributed by atoms with E-state index in [-0.39, 0.29) is 61.8 Å². The van der Waals surface area contributed by atoms with Gasteiger partial charge in [-0.3, -0.25) is 67.3 Å². The Morgan fingerprint density at radius 2 is 1.28 bits per heavy atom. The van der Waals surface area contributed by atoms with E-state index in [1.807, 2.05) is 19.9 Å². The van der Waals surface area contributed by atoms with E-state index >= 15 is 0 Å². The van der Waals surface area contributed by atoms with E-state index in [1.165, 1.54) is 57.4 Å². The van der Waals surface area contributed by atoms with Crippen molar-refractivity contribution < 1.29 is 91.9 Å². The molecule has 98 heavy (non-hydrogen) atoms. The molecule has 0 saturated carbocycles. The summed E-state index contributed by atoms with van der Waals surface area (Å²) in [5, 5.41) is 46.0. The van der Waals surface area contributed by atoms with Crippen molar-refractivity contribution in [1.29, 1.82) is 0 Å². The third kappa shape index (κ3) is 22.9. The minimum absolute atomic E-state index is 0.0826. The Bertz CT molecular complexity index is 3110. The van der Waals surface area contributed by atoms with Crippen LogP contribution < -0.4 is 31.9 Å². The van der Waals surface area contributed by atoms with Crippen molar-refractivity contribution in [2.75, 3.05) is 46.7 Å².